The zero-order valence-electron chi connectivity index (χ0n) is 16.9. The minimum absolute atomic E-state index is 0.00836. The van der Waals surface area contributed by atoms with E-state index in [9.17, 15) is 14.7 Å². The lowest BCUT2D eigenvalue weighted by molar-refractivity contribution is -0.132. The Bertz CT molecular complexity index is 566. The van der Waals surface area contributed by atoms with Crippen LogP contribution in [0.3, 0.4) is 0 Å². The van der Waals surface area contributed by atoms with E-state index in [1.807, 2.05) is 11.8 Å². The number of fused-ring (bicyclic) bond motifs is 1. The SMILES string of the molecule is CC(=O)N[C@H]1CC(C)(C)[C@@H]2C[C@@](C)(O)CC[C@]12CCC(=O)N1CCCC1. The minimum atomic E-state index is -0.643. The summed E-state index contributed by atoms with van der Waals surface area (Å²) in [7, 11) is 0. The summed E-state index contributed by atoms with van der Waals surface area (Å²) in [6, 6.07) is 0.0995. The molecule has 5 nitrogen and oxygen atoms in total. The Morgan fingerprint density at radius 2 is 1.77 bits per heavy atom. The molecule has 1 heterocycles. The van der Waals surface area contributed by atoms with Gasteiger partial charge in [-0.2, -0.15) is 0 Å². The maximum Gasteiger partial charge on any atom is 0.222 e. The van der Waals surface area contributed by atoms with Gasteiger partial charge in [0.1, 0.15) is 0 Å². The van der Waals surface area contributed by atoms with Crippen molar-refractivity contribution in [2.45, 2.75) is 90.7 Å². The van der Waals surface area contributed by atoms with Gasteiger partial charge in [-0.05, 0) is 68.6 Å². The fourth-order valence-electron chi connectivity index (χ4n) is 6.14. The van der Waals surface area contributed by atoms with Crippen LogP contribution in [0.25, 0.3) is 0 Å². The number of hydrogen-bond donors (Lipinski definition) is 2. The highest BCUT2D eigenvalue weighted by Crippen LogP contribution is 2.63. The molecule has 3 aliphatic rings. The molecule has 2 saturated carbocycles. The quantitative estimate of drug-likeness (QED) is 0.806. The van der Waals surface area contributed by atoms with E-state index in [1.54, 1.807) is 6.92 Å². The van der Waals surface area contributed by atoms with Crippen LogP contribution >= 0.6 is 0 Å². The number of aliphatic hydroxyl groups is 1. The van der Waals surface area contributed by atoms with Gasteiger partial charge in [-0.3, -0.25) is 9.59 Å². The summed E-state index contributed by atoms with van der Waals surface area (Å²) < 4.78 is 0. The second-order valence-electron chi connectivity index (χ2n) is 10.0. The molecule has 0 aromatic carbocycles. The summed E-state index contributed by atoms with van der Waals surface area (Å²) >= 11 is 0. The summed E-state index contributed by atoms with van der Waals surface area (Å²) in [6.45, 7) is 9.83. The van der Waals surface area contributed by atoms with Crippen LogP contribution in [-0.4, -0.2) is 46.6 Å². The highest BCUT2D eigenvalue weighted by molar-refractivity contribution is 5.76. The second kappa shape index (κ2) is 6.81. The summed E-state index contributed by atoms with van der Waals surface area (Å²) in [4.78, 5) is 26.5. The summed E-state index contributed by atoms with van der Waals surface area (Å²) in [6.07, 6.45) is 6.91. The van der Waals surface area contributed by atoms with Crippen molar-refractivity contribution < 1.29 is 14.7 Å². The first kappa shape index (κ1) is 19.7. The Morgan fingerprint density at radius 3 is 2.38 bits per heavy atom. The van der Waals surface area contributed by atoms with Crippen LogP contribution in [0.4, 0.5) is 0 Å². The molecule has 2 aliphatic carbocycles. The number of hydrogen-bond acceptors (Lipinski definition) is 3. The zero-order chi connectivity index (χ0) is 19.2. The van der Waals surface area contributed by atoms with E-state index in [1.165, 1.54) is 0 Å². The van der Waals surface area contributed by atoms with Gasteiger partial charge in [0, 0.05) is 32.5 Å². The van der Waals surface area contributed by atoms with Crippen molar-refractivity contribution in [3.8, 4) is 0 Å². The molecular formula is C21H36N2O3. The van der Waals surface area contributed by atoms with E-state index in [-0.39, 0.29) is 28.7 Å². The number of carbonyl (C=O) groups excluding carboxylic acids is 2. The first-order chi connectivity index (χ1) is 12.1. The van der Waals surface area contributed by atoms with Gasteiger partial charge in [0.05, 0.1) is 5.60 Å². The van der Waals surface area contributed by atoms with Crippen LogP contribution in [-0.2, 0) is 9.59 Å². The minimum Gasteiger partial charge on any atom is -0.390 e. The summed E-state index contributed by atoms with van der Waals surface area (Å²) in [5.74, 6) is 0.593. The number of carbonyl (C=O) groups is 2. The Morgan fingerprint density at radius 1 is 1.12 bits per heavy atom. The molecule has 0 bridgehead atoms. The topological polar surface area (TPSA) is 69.6 Å². The van der Waals surface area contributed by atoms with E-state index >= 15 is 0 Å². The van der Waals surface area contributed by atoms with E-state index in [0.29, 0.717) is 12.3 Å². The van der Waals surface area contributed by atoms with Gasteiger partial charge in [0.25, 0.3) is 0 Å². The molecule has 1 aliphatic heterocycles. The first-order valence-electron chi connectivity index (χ1n) is 10.3. The lowest BCUT2D eigenvalue weighted by atomic mass is 9.57. The second-order valence-corrected chi connectivity index (χ2v) is 10.0. The Labute approximate surface area is 157 Å². The Kier molecular flexibility index (Phi) is 5.15. The fourth-order valence-corrected chi connectivity index (χ4v) is 6.14. The highest BCUT2D eigenvalue weighted by atomic mass is 16.3. The predicted octanol–water partition coefficient (Wildman–Crippen LogP) is 2.86. The lowest BCUT2D eigenvalue weighted by Gasteiger charge is -2.51. The summed E-state index contributed by atoms with van der Waals surface area (Å²) in [5.41, 5.74) is -0.670. The first-order valence-corrected chi connectivity index (χ1v) is 10.3. The smallest absolute Gasteiger partial charge is 0.222 e. The molecule has 0 radical (unpaired) electrons. The van der Waals surface area contributed by atoms with Crippen molar-refractivity contribution in [3.63, 3.8) is 0 Å². The Balaban J connectivity index is 1.83. The van der Waals surface area contributed by atoms with Crippen molar-refractivity contribution in [1.29, 1.82) is 0 Å². The third kappa shape index (κ3) is 3.64. The van der Waals surface area contributed by atoms with Crippen molar-refractivity contribution in [2.75, 3.05) is 13.1 Å². The van der Waals surface area contributed by atoms with Gasteiger partial charge in [-0.1, -0.05) is 13.8 Å². The van der Waals surface area contributed by atoms with Crippen LogP contribution in [0.1, 0.15) is 79.1 Å². The molecule has 2 N–H and O–H groups in total. The monoisotopic (exact) mass is 364 g/mol. The number of nitrogens with zero attached hydrogens (tertiary/aromatic N) is 1. The molecule has 0 aromatic heterocycles. The van der Waals surface area contributed by atoms with Crippen LogP contribution in [0.2, 0.25) is 0 Å². The standard InChI is InChI=1S/C21H36N2O3/c1-15(24)22-17-14-19(2,3)16-13-20(4,26)9-10-21(16,17)8-7-18(25)23-11-5-6-12-23/h16-17,26H,5-14H2,1-4H3,(H,22,24)/t16-,17-,20-,21-/m0/s1. The number of likely N-dealkylation sites (tertiary alicyclic amines) is 1. The molecule has 0 spiro atoms. The highest BCUT2D eigenvalue weighted by Gasteiger charge is 2.61. The number of rotatable bonds is 4. The van der Waals surface area contributed by atoms with Gasteiger partial charge < -0.3 is 15.3 Å². The molecular weight excluding hydrogens is 328 g/mol. The van der Waals surface area contributed by atoms with E-state index in [2.05, 4.69) is 19.2 Å². The molecule has 4 atom stereocenters. The van der Waals surface area contributed by atoms with Crippen molar-refractivity contribution in [3.05, 3.63) is 0 Å². The van der Waals surface area contributed by atoms with Crippen molar-refractivity contribution >= 4 is 11.8 Å². The van der Waals surface area contributed by atoms with Gasteiger partial charge >= 0.3 is 0 Å². The lowest BCUT2D eigenvalue weighted by Crippen LogP contribution is -2.52. The normalized spacial score (nSPS) is 38.9. The number of amides is 2. The van der Waals surface area contributed by atoms with Gasteiger partial charge in [0.15, 0.2) is 0 Å². The van der Waals surface area contributed by atoms with E-state index in [0.717, 1.165) is 58.0 Å². The van der Waals surface area contributed by atoms with E-state index in [4.69, 9.17) is 0 Å². The average molecular weight is 365 g/mol. The predicted molar refractivity (Wildman–Crippen MR) is 101 cm³/mol. The van der Waals surface area contributed by atoms with Gasteiger partial charge in [-0.25, -0.2) is 0 Å². The van der Waals surface area contributed by atoms with Crippen LogP contribution in [0.5, 0.6) is 0 Å². The van der Waals surface area contributed by atoms with Gasteiger partial charge in [-0.15, -0.1) is 0 Å². The molecule has 148 valence electrons. The third-order valence-electron chi connectivity index (χ3n) is 7.47. The molecule has 2 amide bonds. The zero-order valence-corrected chi connectivity index (χ0v) is 16.9. The van der Waals surface area contributed by atoms with Crippen LogP contribution in [0, 0.1) is 16.7 Å². The van der Waals surface area contributed by atoms with Crippen molar-refractivity contribution in [2.24, 2.45) is 16.7 Å². The van der Waals surface area contributed by atoms with Crippen LogP contribution < -0.4 is 5.32 Å². The fraction of sp³-hybridized carbons (Fsp3) is 0.905. The largest absolute Gasteiger partial charge is 0.390 e. The Hall–Kier alpha value is -1.10. The summed E-state index contributed by atoms with van der Waals surface area (Å²) in [5, 5.41) is 13.9. The molecule has 3 rings (SSSR count). The van der Waals surface area contributed by atoms with Gasteiger partial charge in [0.2, 0.25) is 11.8 Å². The van der Waals surface area contributed by atoms with Crippen LogP contribution in [0.15, 0.2) is 0 Å². The molecule has 3 fully saturated rings. The maximum absolute atomic E-state index is 12.7. The number of nitrogens with one attached hydrogen (secondary N) is 1. The van der Waals surface area contributed by atoms with Crippen molar-refractivity contribution in [1.82, 2.24) is 10.2 Å². The molecule has 0 unspecified atom stereocenters. The molecule has 0 aromatic rings. The molecule has 26 heavy (non-hydrogen) atoms. The molecule has 1 saturated heterocycles. The maximum atomic E-state index is 12.7. The third-order valence-corrected chi connectivity index (χ3v) is 7.47. The van der Waals surface area contributed by atoms with E-state index < -0.39 is 5.60 Å². The molecule has 5 heteroatoms. The average Bonchev–Trinajstić information content (AvgIpc) is 3.12.